The van der Waals surface area contributed by atoms with Crippen molar-refractivity contribution in [3.05, 3.63) is 47.9 Å². The first-order valence-electron chi connectivity index (χ1n) is 13.8. The lowest BCUT2D eigenvalue weighted by molar-refractivity contribution is 0.0199. The SMILES string of the molecule is COc1ccc(-c2[nH]c3ccc(-c4nnc(C5CCN(C(=O)OC(C)(C)C)CC5)o4)cc3c2C(C)C)cc1OC. The zero-order valence-electron chi connectivity index (χ0n) is 24.3. The molecule has 9 nitrogen and oxygen atoms in total. The monoisotopic (exact) mass is 546 g/mol. The Hall–Kier alpha value is -4.01. The fourth-order valence-corrected chi connectivity index (χ4v) is 5.32. The highest BCUT2D eigenvalue weighted by Crippen LogP contribution is 2.40. The van der Waals surface area contributed by atoms with Gasteiger partial charge in [-0.1, -0.05) is 13.8 Å². The number of benzene rings is 2. The predicted octanol–water partition coefficient (Wildman–Crippen LogP) is 7.14. The van der Waals surface area contributed by atoms with Crippen LogP contribution in [0.1, 0.15) is 70.8 Å². The van der Waals surface area contributed by atoms with Crippen LogP contribution in [0, 0.1) is 0 Å². The number of nitrogens with one attached hydrogen (secondary N) is 1. The molecule has 1 aliphatic rings. The molecule has 0 aliphatic carbocycles. The molecule has 2 aromatic heterocycles. The Balaban J connectivity index is 1.39. The minimum Gasteiger partial charge on any atom is -0.493 e. The van der Waals surface area contributed by atoms with Crippen molar-refractivity contribution >= 4 is 17.0 Å². The van der Waals surface area contributed by atoms with Crippen LogP contribution < -0.4 is 9.47 Å². The summed E-state index contributed by atoms with van der Waals surface area (Å²) in [6.45, 7) is 11.2. The van der Waals surface area contributed by atoms with Gasteiger partial charge in [0.25, 0.3) is 0 Å². The highest BCUT2D eigenvalue weighted by Gasteiger charge is 2.30. The first-order chi connectivity index (χ1) is 19.1. The van der Waals surface area contributed by atoms with Crippen LogP contribution in [-0.4, -0.2) is 59.1 Å². The zero-order chi connectivity index (χ0) is 28.6. The first-order valence-corrected chi connectivity index (χ1v) is 13.8. The number of hydrogen-bond acceptors (Lipinski definition) is 7. The van der Waals surface area contributed by atoms with E-state index in [-0.39, 0.29) is 17.9 Å². The molecule has 0 spiro atoms. The van der Waals surface area contributed by atoms with Crippen molar-refractivity contribution < 1.29 is 23.4 Å². The summed E-state index contributed by atoms with van der Waals surface area (Å²) in [4.78, 5) is 17.8. The molecule has 3 heterocycles. The molecule has 40 heavy (non-hydrogen) atoms. The number of piperidine rings is 1. The van der Waals surface area contributed by atoms with Gasteiger partial charge in [-0.25, -0.2) is 4.79 Å². The van der Waals surface area contributed by atoms with Crippen LogP contribution in [0.5, 0.6) is 11.5 Å². The first kappa shape index (κ1) is 27.6. The van der Waals surface area contributed by atoms with Gasteiger partial charge >= 0.3 is 6.09 Å². The molecule has 0 saturated carbocycles. The third kappa shape index (κ3) is 5.50. The van der Waals surface area contributed by atoms with Crippen LogP contribution in [0.4, 0.5) is 4.79 Å². The van der Waals surface area contributed by atoms with E-state index in [0.717, 1.165) is 40.6 Å². The molecule has 1 amide bonds. The maximum absolute atomic E-state index is 12.4. The molecule has 0 bridgehead atoms. The highest BCUT2D eigenvalue weighted by molar-refractivity contribution is 5.94. The van der Waals surface area contributed by atoms with Crippen LogP contribution in [0.25, 0.3) is 33.6 Å². The van der Waals surface area contributed by atoms with Gasteiger partial charge in [-0.05, 0) is 81.5 Å². The van der Waals surface area contributed by atoms with E-state index >= 15 is 0 Å². The minimum absolute atomic E-state index is 0.110. The lowest BCUT2D eigenvalue weighted by atomic mass is 9.95. The smallest absolute Gasteiger partial charge is 0.410 e. The number of carbonyl (C=O) groups is 1. The van der Waals surface area contributed by atoms with Gasteiger partial charge in [-0.2, -0.15) is 0 Å². The Kier molecular flexibility index (Phi) is 7.49. The summed E-state index contributed by atoms with van der Waals surface area (Å²) in [6, 6.07) is 12.1. The number of likely N-dealkylation sites (tertiary alicyclic amines) is 1. The average molecular weight is 547 g/mol. The van der Waals surface area contributed by atoms with Crippen molar-refractivity contribution in [2.24, 2.45) is 0 Å². The van der Waals surface area contributed by atoms with Gasteiger partial charge in [0.05, 0.1) is 19.9 Å². The van der Waals surface area contributed by atoms with Gasteiger partial charge in [0.15, 0.2) is 11.5 Å². The summed E-state index contributed by atoms with van der Waals surface area (Å²) in [6.07, 6.45) is 1.23. The topological polar surface area (TPSA) is 103 Å². The van der Waals surface area contributed by atoms with Crippen molar-refractivity contribution in [3.63, 3.8) is 0 Å². The summed E-state index contributed by atoms with van der Waals surface area (Å²) < 4.78 is 22.7. The van der Waals surface area contributed by atoms with Gasteiger partial charge in [0.2, 0.25) is 11.8 Å². The molecule has 1 aliphatic heterocycles. The number of ether oxygens (including phenoxy) is 3. The molecule has 0 atom stereocenters. The molecule has 1 N–H and O–H groups in total. The zero-order valence-corrected chi connectivity index (χ0v) is 24.3. The van der Waals surface area contributed by atoms with Crippen LogP contribution in [0.2, 0.25) is 0 Å². The normalized spacial score (nSPS) is 14.7. The Labute approximate surface area is 234 Å². The molecule has 1 fully saturated rings. The van der Waals surface area contributed by atoms with Crippen molar-refractivity contribution in [2.75, 3.05) is 27.3 Å². The molecule has 212 valence electrons. The van der Waals surface area contributed by atoms with E-state index in [4.69, 9.17) is 18.6 Å². The predicted molar refractivity (Wildman–Crippen MR) is 154 cm³/mol. The van der Waals surface area contributed by atoms with E-state index in [1.807, 2.05) is 45.0 Å². The summed E-state index contributed by atoms with van der Waals surface area (Å²) in [5.41, 5.74) is 4.68. The lowest BCUT2D eigenvalue weighted by Gasteiger charge is -2.32. The second-order valence-corrected chi connectivity index (χ2v) is 11.6. The van der Waals surface area contributed by atoms with Crippen molar-refractivity contribution in [3.8, 4) is 34.2 Å². The molecule has 4 aromatic rings. The number of H-pyrrole nitrogens is 1. The molecule has 5 rings (SSSR count). The van der Waals surface area contributed by atoms with Gasteiger partial charge in [0.1, 0.15) is 5.60 Å². The standard InChI is InChI=1S/C31H38N4O5/c1-18(2)26-22-16-21(8-10-23(22)32-27(26)20-9-11-24(37-6)25(17-20)38-7)29-34-33-28(39-29)19-12-14-35(15-13-19)30(36)40-31(3,4)5/h8-11,16-19,32H,12-15H2,1-7H3. The quantitative estimate of drug-likeness (QED) is 0.274. The number of amides is 1. The molecular weight excluding hydrogens is 508 g/mol. The molecule has 1 saturated heterocycles. The van der Waals surface area contributed by atoms with Crippen LogP contribution in [0.3, 0.4) is 0 Å². The second-order valence-electron chi connectivity index (χ2n) is 11.6. The molecule has 0 radical (unpaired) electrons. The second kappa shape index (κ2) is 10.9. The number of nitrogens with zero attached hydrogens (tertiary/aromatic N) is 3. The van der Waals surface area contributed by atoms with E-state index in [0.29, 0.717) is 36.4 Å². The van der Waals surface area contributed by atoms with Gasteiger partial charge in [-0.3, -0.25) is 0 Å². The highest BCUT2D eigenvalue weighted by atomic mass is 16.6. The number of rotatable bonds is 6. The fraction of sp³-hybridized carbons (Fsp3) is 0.452. The number of hydrogen-bond donors (Lipinski definition) is 1. The summed E-state index contributed by atoms with van der Waals surface area (Å²) >= 11 is 0. The summed E-state index contributed by atoms with van der Waals surface area (Å²) in [5, 5.41) is 9.89. The Bertz CT molecular complexity index is 1510. The Morgan fingerprint density at radius 1 is 1.00 bits per heavy atom. The fourth-order valence-electron chi connectivity index (χ4n) is 5.32. The van der Waals surface area contributed by atoms with Crippen LogP contribution in [-0.2, 0) is 4.74 Å². The van der Waals surface area contributed by atoms with Crippen molar-refractivity contribution in [1.82, 2.24) is 20.1 Å². The van der Waals surface area contributed by atoms with E-state index in [9.17, 15) is 4.79 Å². The minimum atomic E-state index is -0.506. The van der Waals surface area contributed by atoms with Crippen LogP contribution in [0.15, 0.2) is 40.8 Å². The summed E-state index contributed by atoms with van der Waals surface area (Å²) in [7, 11) is 3.28. The van der Waals surface area contributed by atoms with E-state index in [2.05, 4.69) is 41.2 Å². The maximum atomic E-state index is 12.4. The number of methoxy groups -OCH3 is 2. The summed E-state index contributed by atoms with van der Waals surface area (Å²) in [5.74, 6) is 2.86. The third-order valence-corrected chi connectivity index (χ3v) is 7.27. The third-order valence-electron chi connectivity index (χ3n) is 7.27. The number of aromatic amines is 1. The van der Waals surface area contributed by atoms with Crippen molar-refractivity contribution in [2.45, 2.75) is 64.9 Å². The molecule has 0 unspecified atom stereocenters. The van der Waals surface area contributed by atoms with Gasteiger partial charge < -0.3 is 28.5 Å². The van der Waals surface area contributed by atoms with Gasteiger partial charge in [-0.15, -0.1) is 10.2 Å². The van der Waals surface area contributed by atoms with Crippen molar-refractivity contribution in [1.29, 1.82) is 0 Å². The number of aromatic nitrogens is 3. The number of carbonyl (C=O) groups excluding carboxylic acids is 1. The maximum Gasteiger partial charge on any atom is 0.410 e. The Morgan fingerprint density at radius 2 is 1.70 bits per heavy atom. The largest absolute Gasteiger partial charge is 0.493 e. The van der Waals surface area contributed by atoms with E-state index in [1.165, 1.54) is 5.56 Å². The lowest BCUT2D eigenvalue weighted by Crippen LogP contribution is -2.41. The Morgan fingerprint density at radius 3 is 2.35 bits per heavy atom. The molecule has 9 heteroatoms. The van der Waals surface area contributed by atoms with Crippen LogP contribution >= 0.6 is 0 Å². The molecular formula is C31H38N4O5. The van der Waals surface area contributed by atoms with E-state index in [1.54, 1.807) is 19.1 Å². The van der Waals surface area contributed by atoms with E-state index < -0.39 is 5.60 Å². The average Bonchev–Trinajstić information content (AvgIpc) is 3.57. The number of fused-ring (bicyclic) bond motifs is 1. The van der Waals surface area contributed by atoms with Gasteiger partial charge in [0, 0.05) is 41.0 Å². The molecule has 2 aromatic carbocycles.